The van der Waals surface area contributed by atoms with E-state index in [1.807, 2.05) is 6.92 Å². The number of halogens is 1. The maximum atomic E-state index is 12.3. The van der Waals surface area contributed by atoms with Gasteiger partial charge in [0.05, 0.1) is 16.6 Å². The van der Waals surface area contributed by atoms with Crippen LogP contribution in [0.1, 0.15) is 11.1 Å². The highest BCUT2D eigenvalue weighted by Gasteiger charge is 2.16. The van der Waals surface area contributed by atoms with Gasteiger partial charge in [-0.05, 0) is 31.2 Å². The van der Waals surface area contributed by atoms with Crippen LogP contribution in [0.5, 0.6) is 11.5 Å². The molecule has 0 atom stereocenters. The van der Waals surface area contributed by atoms with Crippen LogP contribution < -0.4 is 14.3 Å². The molecule has 7 nitrogen and oxygen atoms in total. The fourth-order valence-corrected chi connectivity index (χ4v) is 3.57. The first-order chi connectivity index (χ1) is 12.9. The van der Waals surface area contributed by atoms with Crippen molar-refractivity contribution in [2.45, 2.75) is 11.8 Å². The monoisotopic (exact) mass is 403 g/mol. The highest BCUT2D eigenvalue weighted by Crippen LogP contribution is 2.36. The number of pyridine rings is 1. The van der Waals surface area contributed by atoms with Crippen molar-refractivity contribution in [2.24, 2.45) is 5.10 Å². The number of hydrazone groups is 1. The zero-order chi connectivity index (χ0) is 19.0. The van der Waals surface area contributed by atoms with Crippen molar-refractivity contribution >= 4 is 38.7 Å². The molecule has 1 aliphatic heterocycles. The molecule has 0 aliphatic carbocycles. The van der Waals surface area contributed by atoms with Crippen LogP contribution >= 0.6 is 11.6 Å². The van der Waals surface area contributed by atoms with E-state index in [2.05, 4.69) is 14.9 Å². The second-order valence-corrected chi connectivity index (χ2v) is 7.95. The summed E-state index contributed by atoms with van der Waals surface area (Å²) in [5.74, 6) is 1.23. The summed E-state index contributed by atoms with van der Waals surface area (Å²) in [6.45, 7) is 2.04. The molecule has 0 spiro atoms. The molecule has 0 unspecified atom stereocenters. The van der Waals surface area contributed by atoms with Gasteiger partial charge in [-0.1, -0.05) is 29.3 Å². The Morgan fingerprint density at radius 2 is 1.85 bits per heavy atom. The van der Waals surface area contributed by atoms with Crippen LogP contribution in [0.3, 0.4) is 0 Å². The predicted molar refractivity (Wildman–Crippen MR) is 102 cm³/mol. The number of aryl methyl sites for hydroxylation is 1. The molecule has 0 bridgehead atoms. The standard InChI is InChI=1S/C18H14ClN3O4S/c1-11-2-4-14(5-3-11)27(23,24)22-20-9-13-6-12-7-16-17(26-10-25-16)8-15(12)21-18(13)19/h2-9,22H,10H2,1H3/b20-9+. The smallest absolute Gasteiger partial charge is 0.276 e. The highest BCUT2D eigenvalue weighted by molar-refractivity contribution is 7.89. The molecule has 0 radical (unpaired) electrons. The number of aromatic nitrogens is 1. The van der Waals surface area contributed by atoms with Gasteiger partial charge in [-0.3, -0.25) is 0 Å². The lowest BCUT2D eigenvalue weighted by Gasteiger charge is -2.05. The van der Waals surface area contributed by atoms with E-state index >= 15 is 0 Å². The molecule has 1 aliphatic rings. The molecule has 1 aromatic heterocycles. The van der Waals surface area contributed by atoms with Crippen LogP contribution in [0.4, 0.5) is 0 Å². The quantitative estimate of drug-likeness (QED) is 0.410. The van der Waals surface area contributed by atoms with Gasteiger partial charge in [-0.15, -0.1) is 0 Å². The highest BCUT2D eigenvalue weighted by atomic mass is 35.5. The van der Waals surface area contributed by atoms with Gasteiger partial charge in [-0.2, -0.15) is 13.5 Å². The Hall–Kier alpha value is -2.84. The normalized spacial score (nSPS) is 13.4. The second kappa shape index (κ2) is 6.71. The van der Waals surface area contributed by atoms with E-state index in [-0.39, 0.29) is 16.8 Å². The van der Waals surface area contributed by atoms with Crippen molar-refractivity contribution < 1.29 is 17.9 Å². The van der Waals surface area contributed by atoms with Gasteiger partial charge in [0, 0.05) is 17.0 Å². The molecule has 0 saturated carbocycles. The number of hydrogen-bond acceptors (Lipinski definition) is 6. The van der Waals surface area contributed by atoms with Gasteiger partial charge in [0.25, 0.3) is 10.0 Å². The fourth-order valence-electron chi connectivity index (χ4n) is 2.58. The zero-order valence-electron chi connectivity index (χ0n) is 14.1. The van der Waals surface area contributed by atoms with Crippen LogP contribution in [0.2, 0.25) is 5.15 Å². The first-order valence-electron chi connectivity index (χ1n) is 7.94. The SMILES string of the molecule is Cc1ccc(S(=O)(=O)N/N=C/c2cc3cc4c(cc3nc2Cl)OCO4)cc1. The van der Waals surface area contributed by atoms with Crippen molar-refractivity contribution in [3.05, 3.63) is 58.7 Å². The Morgan fingerprint density at radius 3 is 2.59 bits per heavy atom. The van der Waals surface area contributed by atoms with Crippen molar-refractivity contribution in [1.82, 2.24) is 9.82 Å². The minimum Gasteiger partial charge on any atom is -0.454 e. The zero-order valence-corrected chi connectivity index (χ0v) is 15.7. The van der Waals surface area contributed by atoms with Gasteiger partial charge in [0.2, 0.25) is 6.79 Å². The van der Waals surface area contributed by atoms with E-state index in [1.54, 1.807) is 30.3 Å². The number of sulfonamides is 1. The summed E-state index contributed by atoms with van der Waals surface area (Å²) in [5, 5.41) is 4.77. The van der Waals surface area contributed by atoms with E-state index in [1.165, 1.54) is 18.3 Å². The van der Waals surface area contributed by atoms with Crippen molar-refractivity contribution in [1.29, 1.82) is 0 Å². The number of hydrogen-bond donors (Lipinski definition) is 1. The number of rotatable bonds is 4. The molecule has 0 fully saturated rings. The molecule has 4 rings (SSSR count). The van der Waals surface area contributed by atoms with Crippen LogP contribution in [-0.4, -0.2) is 26.4 Å². The molecular weight excluding hydrogens is 390 g/mol. The number of benzene rings is 2. The van der Waals surface area contributed by atoms with E-state index in [0.29, 0.717) is 22.6 Å². The van der Waals surface area contributed by atoms with Crippen molar-refractivity contribution in [2.75, 3.05) is 6.79 Å². The van der Waals surface area contributed by atoms with Gasteiger partial charge in [-0.25, -0.2) is 9.82 Å². The van der Waals surface area contributed by atoms with Crippen molar-refractivity contribution in [3.63, 3.8) is 0 Å². The van der Waals surface area contributed by atoms with E-state index in [0.717, 1.165) is 10.9 Å². The Kier molecular flexibility index (Phi) is 4.37. The summed E-state index contributed by atoms with van der Waals surface area (Å²) >= 11 is 6.19. The Morgan fingerprint density at radius 1 is 1.15 bits per heavy atom. The van der Waals surface area contributed by atoms with E-state index in [4.69, 9.17) is 21.1 Å². The van der Waals surface area contributed by atoms with Crippen LogP contribution in [-0.2, 0) is 10.0 Å². The third-order valence-electron chi connectivity index (χ3n) is 4.00. The summed E-state index contributed by atoms with van der Waals surface area (Å²) < 4.78 is 35.2. The third kappa shape index (κ3) is 3.54. The first kappa shape index (κ1) is 17.6. The summed E-state index contributed by atoms with van der Waals surface area (Å²) in [6, 6.07) is 11.7. The van der Waals surface area contributed by atoms with E-state index in [9.17, 15) is 8.42 Å². The predicted octanol–water partition coefficient (Wildman–Crippen LogP) is 3.24. The Bertz CT molecular complexity index is 1160. The molecule has 3 aromatic rings. The lowest BCUT2D eigenvalue weighted by Crippen LogP contribution is -2.18. The maximum absolute atomic E-state index is 12.3. The Balaban J connectivity index is 1.60. The summed E-state index contributed by atoms with van der Waals surface area (Å²) in [6.07, 6.45) is 1.31. The van der Waals surface area contributed by atoms with Gasteiger partial charge < -0.3 is 9.47 Å². The van der Waals surface area contributed by atoms with Gasteiger partial charge in [0.15, 0.2) is 11.5 Å². The lowest BCUT2D eigenvalue weighted by atomic mass is 10.1. The molecule has 27 heavy (non-hydrogen) atoms. The van der Waals surface area contributed by atoms with Crippen LogP contribution in [0.25, 0.3) is 10.9 Å². The average Bonchev–Trinajstić information content (AvgIpc) is 3.08. The lowest BCUT2D eigenvalue weighted by molar-refractivity contribution is 0.174. The average molecular weight is 404 g/mol. The topological polar surface area (TPSA) is 89.9 Å². The minimum atomic E-state index is -3.76. The summed E-state index contributed by atoms with van der Waals surface area (Å²) in [4.78, 5) is 6.59. The van der Waals surface area contributed by atoms with Crippen molar-refractivity contribution in [3.8, 4) is 11.5 Å². The molecule has 0 saturated heterocycles. The van der Waals surface area contributed by atoms with Crippen LogP contribution in [0.15, 0.2) is 52.5 Å². The number of nitrogens with one attached hydrogen (secondary N) is 1. The molecule has 9 heteroatoms. The number of ether oxygens (including phenoxy) is 2. The first-order valence-corrected chi connectivity index (χ1v) is 9.80. The third-order valence-corrected chi connectivity index (χ3v) is 5.54. The summed E-state index contributed by atoms with van der Waals surface area (Å²) in [7, 11) is -3.76. The molecule has 1 N–H and O–H groups in total. The number of fused-ring (bicyclic) bond motifs is 2. The molecule has 2 aromatic carbocycles. The van der Waals surface area contributed by atoms with Gasteiger partial charge in [0.1, 0.15) is 5.15 Å². The van der Waals surface area contributed by atoms with Crippen LogP contribution in [0, 0.1) is 6.92 Å². The maximum Gasteiger partial charge on any atom is 0.276 e. The summed E-state index contributed by atoms with van der Waals surface area (Å²) in [5.41, 5.74) is 2.07. The minimum absolute atomic E-state index is 0.126. The molecule has 0 amide bonds. The van der Waals surface area contributed by atoms with E-state index < -0.39 is 10.0 Å². The largest absolute Gasteiger partial charge is 0.454 e. The molecule has 2 heterocycles. The second-order valence-electron chi connectivity index (χ2n) is 5.93. The van der Waals surface area contributed by atoms with Gasteiger partial charge >= 0.3 is 0 Å². The molecule has 138 valence electrons. The number of nitrogens with zero attached hydrogens (tertiary/aromatic N) is 2. The molecular formula is C18H14ClN3O4S. The Labute approximate surface area is 160 Å². The fraction of sp³-hybridized carbons (Fsp3) is 0.111.